The van der Waals surface area contributed by atoms with Crippen LogP contribution in [0.2, 0.25) is 0 Å². The predicted molar refractivity (Wildman–Crippen MR) is 90.8 cm³/mol. The Morgan fingerprint density at radius 1 is 0.759 bits per heavy atom. The van der Waals surface area contributed by atoms with E-state index in [0.717, 1.165) is 11.4 Å². The summed E-state index contributed by atoms with van der Waals surface area (Å²) in [7, 11) is 1.88. The smallest absolute Gasteiger partial charge is 0.693 e. The van der Waals surface area contributed by atoms with Gasteiger partial charge in [0.15, 0.2) is 0 Å². The molecule has 0 aliphatic heterocycles. The van der Waals surface area contributed by atoms with Gasteiger partial charge in [-0.1, -0.05) is 18.2 Å². The van der Waals surface area contributed by atoms with Gasteiger partial charge in [0, 0.05) is 18.8 Å². The second-order valence-electron chi connectivity index (χ2n) is 3.29. The fraction of sp³-hybridized carbons (Fsp3) is 0.118. The molecule has 10 nitrogen and oxygen atoms in total. The third kappa shape index (κ3) is 21.4. The zero-order valence-electron chi connectivity index (χ0n) is 15.9. The number of aromatic nitrogens is 2. The van der Waals surface area contributed by atoms with Gasteiger partial charge in [-0.05, 0) is 19.1 Å². The Kier molecular flexibility index (Phi) is 77.3. The quantitative estimate of drug-likeness (QED) is 0.417. The molecule has 0 amide bonds. The molecular weight excluding hydrogens is 441 g/mol. The third-order valence-corrected chi connectivity index (χ3v) is 2.35. The Bertz CT molecular complexity index is 710. The van der Waals surface area contributed by atoms with Gasteiger partial charge < -0.3 is 77.2 Å². The van der Waals surface area contributed by atoms with E-state index < -0.39 is 0 Å². The van der Waals surface area contributed by atoms with Crippen LogP contribution in [0.3, 0.4) is 0 Å². The van der Waals surface area contributed by atoms with Crippen LogP contribution in [-0.4, -0.2) is 9.36 Å². The summed E-state index contributed by atoms with van der Waals surface area (Å²) >= 11 is 0. The summed E-state index contributed by atoms with van der Waals surface area (Å²) in [6.45, 7) is 30.4. The van der Waals surface area contributed by atoms with E-state index in [1.54, 1.807) is 10.7 Å². The molecule has 1 heterocycles. The van der Waals surface area contributed by atoms with Crippen LogP contribution in [0.25, 0.3) is 11.8 Å². The van der Waals surface area contributed by atoms with Gasteiger partial charge in [0.25, 0.3) is 5.56 Å². The summed E-state index contributed by atoms with van der Waals surface area (Å²) in [6, 6.07) is 11.2. The minimum atomic E-state index is 0. The summed E-state index contributed by atoms with van der Waals surface area (Å²) in [5.74, 6) is 0. The van der Waals surface area contributed by atoms with Gasteiger partial charge in [0.1, 0.15) is 0 Å². The Morgan fingerprint density at radius 3 is 1.31 bits per heavy atom. The minimum Gasteiger partial charge on any atom is -0.693 e. The van der Waals surface area contributed by atoms with Crippen molar-refractivity contribution < 1.29 is 68.5 Å². The van der Waals surface area contributed by atoms with Crippen molar-refractivity contribution in [1.29, 1.82) is 31.6 Å². The van der Waals surface area contributed by atoms with Crippen LogP contribution in [0.1, 0.15) is 5.69 Å². The van der Waals surface area contributed by atoms with E-state index in [2.05, 4.69) is 0 Å². The van der Waals surface area contributed by atoms with Crippen LogP contribution in [0.15, 0.2) is 41.2 Å². The average Bonchev–Trinajstić information content (AvgIpc) is 3.03. The Morgan fingerprint density at radius 2 is 1.07 bits per heavy atom. The first-order valence-corrected chi connectivity index (χ1v) is 5.85. The molecule has 0 saturated carbocycles. The van der Waals surface area contributed by atoms with Crippen LogP contribution in [0.4, 0.5) is 0 Å². The standard InChI is InChI=1S/C11H12N2O.6CN.Fe.K.H2N/c1-9-8-11(14)13(12(9)2)10-6-4-3-5-7-10;6*1-2;;;/h3-8H,1-2H3;;;;;;;;;1H2/q;6*-1;+6;+1;-1. The minimum absolute atomic E-state index is 0. The SMILES string of the molecule is Cc1cc(=O)n(-c2ccccc2)n1C.[C-]#N.[C-]#N.[C-]#N.[C-]#N.[C-]#N.[C-]#N.[Fe+6].[K+].[NH2-]. The van der Waals surface area contributed by atoms with Crippen molar-refractivity contribution in [3.8, 4) is 5.69 Å². The molecule has 0 saturated heterocycles. The van der Waals surface area contributed by atoms with Gasteiger partial charge in [0.2, 0.25) is 0 Å². The first-order valence-electron chi connectivity index (χ1n) is 5.85. The maximum Gasteiger partial charge on any atom is 6.00 e. The van der Waals surface area contributed by atoms with Crippen molar-refractivity contribution in [2.24, 2.45) is 7.05 Å². The molecule has 0 fully saturated rings. The molecule has 2 rings (SSSR count). The summed E-state index contributed by atoms with van der Waals surface area (Å²) in [5.41, 5.74) is 1.86. The maximum atomic E-state index is 11.6. The van der Waals surface area contributed by atoms with Crippen molar-refractivity contribution in [3.63, 3.8) is 0 Å². The molecule has 1 aromatic carbocycles. The van der Waals surface area contributed by atoms with Gasteiger partial charge >= 0.3 is 68.5 Å². The normalized spacial score (nSPS) is 5.45. The zero-order valence-corrected chi connectivity index (χ0v) is 20.1. The number of para-hydroxylation sites is 1. The van der Waals surface area contributed by atoms with Crippen molar-refractivity contribution in [2.45, 2.75) is 6.92 Å². The Balaban J connectivity index is -0.0000000428. The number of rotatable bonds is 1. The van der Waals surface area contributed by atoms with Crippen LogP contribution in [-0.2, 0) is 24.1 Å². The molecule has 0 spiro atoms. The molecule has 0 aliphatic rings. The van der Waals surface area contributed by atoms with E-state index in [9.17, 15) is 4.79 Å². The number of benzene rings is 1. The molecule has 142 valence electrons. The van der Waals surface area contributed by atoms with E-state index in [0.29, 0.717) is 0 Å². The molecule has 2 aromatic rings. The van der Waals surface area contributed by atoms with Gasteiger partial charge in [-0.2, -0.15) is 0 Å². The summed E-state index contributed by atoms with van der Waals surface area (Å²) in [6.07, 6.45) is 0. The number of hydrogen-bond acceptors (Lipinski definition) is 7. The molecule has 0 atom stereocenters. The predicted octanol–water partition coefficient (Wildman–Crippen LogP) is -0.219. The van der Waals surface area contributed by atoms with Crippen LogP contribution in [0, 0.1) is 77.9 Å². The van der Waals surface area contributed by atoms with Crippen LogP contribution >= 0.6 is 0 Å². The molecular formula is C17H14FeKN9O. The Hall–Kier alpha value is -2.71. The first kappa shape index (κ1) is 50.3. The second kappa shape index (κ2) is 44.6. The van der Waals surface area contributed by atoms with Crippen molar-refractivity contribution in [3.05, 3.63) is 98.0 Å². The summed E-state index contributed by atoms with van der Waals surface area (Å²) in [5, 5.41) is 37.5. The van der Waals surface area contributed by atoms with Crippen molar-refractivity contribution in [1.82, 2.24) is 9.36 Å². The molecule has 0 radical (unpaired) electrons. The molecule has 0 aliphatic carbocycles. The van der Waals surface area contributed by atoms with E-state index in [1.807, 2.05) is 49.0 Å². The van der Waals surface area contributed by atoms with Crippen LogP contribution in [0.5, 0.6) is 0 Å². The van der Waals surface area contributed by atoms with E-state index in [1.165, 1.54) is 0 Å². The Labute approximate surface area is 224 Å². The van der Waals surface area contributed by atoms with Gasteiger partial charge in [0.05, 0.1) is 5.69 Å². The average molecular weight is 455 g/mol. The zero-order chi connectivity index (χ0) is 22.1. The van der Waals surface area contributed by atoms with E-state index in [4.69, 9.17) is 71.0 Å². The van der Waals surface area contributed by atoms with E-state index >= 15 is 0 Å². The fourth-order valence-corrected chi connectivity index (χ4v) is 1.51. The van der Waals surface area contributed by atoms with Gasteiger partial charge in [-0.25, -0.2) is 4.68 Å². The second-order valence-corrected chi connectivity index (χ2v) is 3.29. The molecule has 0 bridgehead atoms. The summed E-state index contributed by atoms with van der Waals surface area (Å²) < 4.78 is 3.49. The molecule has 0 unspecified atom stereocenters. The summed E-state index contributed by atoms with van der Waals surface area (Å²) in [4.78, 5) is 11.6. The first-order chi connectivity index (χ1) is 12.7. The van der Waals surface area contributed by atoms with Gasteiger partial charge in [-0.3, -0.25) is 9.48 Å². The molecule has 29 heavy (non-hydrogen) atoms. The molecule has 1 aromatic heterocycles. The van der Waals surface area contributed by atoms with Crippen LogP contribution < -0.4 is 56.9 Å². The van der Waals surface area contributed by atoms with Gasteiger partial charge in [-0.15, -0.1) is 0 Å². The number of aryl methyl sites for hydroxylation is 1. The van der Waals surface area contributed by atoms with Crippen molar-refractivity contribution >= 4 is 0 Å². The fourth-order valence-electron chi connectivity index (χ4n) is 1.51. The molecule has 2 N–H and O–H groups in total. The maximum absolute atomic E-state index is 11.6. The number of hydrogen-bond donors (Lipinski definition) is 0. The van der Waals surface area contributed by atoms with E-state index in [-0.39, 0.29) is 80.2 Å². The van der Waals surface area contributed by atoms with Crippen molar-refractivity contribution in [2.75, 3.05) is 0 Å². The largest absolute Gasteiger partial charge is 6.00 e. The monoisotopic (exact) mass is 455 g/mol. The molecule has 12 heteroatoms. The number of nitrogens with zero attached hydrogens (tertiary/aromatic N) is 8. The topological polar surface area (TPSA) is 203 Å². The number of nitrogens with two attached hydrogens (primary N) is 1. The third-order valence-electron chi connectivity index (χ3n) is 2.35.